The van der Waals surface area contributed by atoms with Crippen molar-refractivity contribution in [2.24, 2.45) is 5.84 Å². The number of amides is 1. The van der Waals surface area contributed by atoms with Crippen LogP contribution in [0.2, 0.25) is 0 Å². The fourth-order valence-electron chi connectivity index (χ4n) is 1.78. The molecule has 5 heteroatoms. The summed E-state index contributed by atoms with van der Waals surface area (Å²) in [6, 6.07) is 12.2. The van der Waals surface area contributed by atoms with Crippen LogP contribution in [0.15, 0.2) is 47.4 Å². The molecule has 0 spiro atoms. The minimum absolute atomic E-state index is 0.320. The Morgan fingerprint density at radius 1 is 1.30 bits per heavy atom. The second-order valence-electron chi connectivity index (χ2n) is 4.33. The van der Waals surface area contributed by atoms with Crippen molar-refractivity contribution >= 4 is 17.7 Å². The average molecular weight is 290 g/mol. The number of benzene rings is 2. The fraction of sp³-hybridized carbons (Fsp3) is 0.133. The number of carbonyl (C=O) groups excluding carboxylic acids is 1. The topological polar surface area (TPSA) is 55.1 Å². The van der Waals surface area contributed by atoms with Crippen LogP contribution in [0.25, 0.3) is 0 Å². The normalized spacial score (nSPS) is 10.3. The number of aryl methyl sites for hydroxylation is 1. The summed E-state index contributed by atoms with van der Waals surface area (Å²) in [5.41, 5.74) is 4.03. The van der Waals surface area contributed by atoms with Gasteiger partial charge in [-0.2, -0.15) is 0 Å². The highest BCUT2D eigenvalue weighted by Crippen LogP contribution is 2.27. The van der Waals surface area contributed by atoms with Crippen molar-refractivity contribution in [1.82, 2.24) is 5.43 Å². The summed E-state index contributed by atoms with van der Waals surface area (Å²) >= 11 is 1.54. The van der Waals surface area contributed by atoms with Gasteiger partial charge in [0.15, 0.2) is 0 Å². The maximum atomic E-state index is 13.8. The van der Waals surface area contributed by atoms with E-state index in [9.17, 15) is 9.18 Å². The van der Waals surface area contributed by atoms with Crippen molar-refractivity contribution in [3.05, 3.63) is 65.0 Å². The summed E-state index contributed by atoms with van der Waals surface area (Å²) in [5, 5.41) is 0. The molecule has 0 aliphatic carbocycles. The minimum atomic E-state index is -0.424. The summed E-state index contributed by atoms with van der Waals surface area (Å²) in [7, 11) is 0. The van der Waals surface area contributed by atoms with E-state index < -0.39 is 5.91 Å². The molecule has 2 aromatic rings. The second kappa shape index (κ2) is 6.54. The number of hydrogen-bond acceptors (Lipinski definition) is 3. The number of hydrogen-bond donors (Lipinski definition) is 2. The van der Waals surface area contributed by atoms with Crippen LogP contribution in [0.4, 0.5) is 4.39 Å². The Hall–Kier alpha value is -1.85. The zero-order valence-electron chi connectivity index (χ0n) is 11.0. The number of nitrogens with one attached hydrogen (secondary N) is 1. The first kappa shape index (κ1) is 14.6. The lowest BCUT2D eigenvalue weighted by molar-refractivity contribution is 0.0953. The number of thioether (sulfide) groups is 1. The highest BCUT2D eigenvalue weighted by molar-refractivity contribution is 7.98. The van der Waals surface area contributed by atoms with E-state index in [-0.39, 0.29) is 5.82 Å². The Balaban J connectivity index is 2.17. The van der Waals surface area contributed by atoms with E-state index in [1.54, 1.807) is 0 Å². The number of carbonyl (C=O) groups is 1. The molecule has 0 heterocycles. The molecule has 2 rings (SSSR count). The van der Waals surface area contributed by atoms with Crippen LogP contribution < -0.4 is 11.3 Å². The van der Waals surface area contributed by atoms with Gasteiger partial charge in [-0.15, -0.1) is 11.8 Å². The zero-order chi connectivity index (χ0) is 14.5. The third-order valence-electron chi connectivity index (χ3n) is 2.92. The molecular weight excluding hydrogens is 275 g/mol. The zero-order valence-corrected chi connectivity index (χ0v) is 11.8. The van der Waals surface area contributed by atoms with Crippen LogP contribution in [0.5, 0.6) is 0 Å². The summed E-state index contributed by atoms with van der Waals surface area (Å²) in [4.78, 5) is 12.5. The van der Waals surface area contributed by atoms with Crippen molar-refractivity contribution in [2.45, 2.75) is 17.6 Å². The Morgan fingerprint density at radius 2 is 2.05 bits per heavy atom. The van der Waals surface area contributed by atoms with Gasteiger partial charge in [0, 0.05) is 16.2 Å². The first-order chi connectivity index (χ1) is 9.61. The van der Waals surface area contributed by atoms with Crippen LogP contribution in [0.3, 0.4) is 0 Å². The molecular formula is C15H15FN2OS. The first-order valence-electron chi connectivity index (χ1n) is 6.09. The van der Waals surface area contributed by atoms with Gasteiger partial charge in [-0.05, 0) is 42.3 Å². The molecule has 0 atom stereocenters. The maximum absolute atomic E-state index is 13.8. The molecule has 104 valence electrons. The van der Waals surface area contributed by atoms with Crippen molar-refractivity contribution in [3.63, 3.8) is 0 Å². The molecule has 0 fully saturated rings. The SMILES string of the molecule is Cc1ccccc1SCc1cc(C(=O)NN)ccc1F. The molecule has 3 nitrogen and oxygen atoms in total. The average Bonchev–Trinajstić information content (AvgIpc) is 2.47. The molecule has 0 saturated carbocycles. The highest BCUT2D eigenvalue weighted by atomic mass is 32.2. The lowest BCUT2D eigenvalue weighted by atomic mass is 10.1. The predicted octanol–water partition coefficient (Wildman–Crippen LogP) is 3.03. The van der Waals surface area contributed by atoms with Crippen molar-refractivity contribution < 1.29 is 9.18 Å². The minimum Gasteiger partial charge on any atom is -0.290 e. The molecule has 20 heavy (non-hydrogen) atoms. The summed E-state index contributed by atoms with van der Waals surface area (Å²) < 4.78 is 13.8. The third kappa shape index (κ3) is 3.37. The van der Waals surface area contributed by atoms with Gasteiger partial charge in [-0.25, -0.2) is 10.2 Å². The van der Waals surface area contributed by atoms with Crippen molar-refractivity contribution in [2.75, 3.05) is 0 Å². The molecule has 0 unspecified atom stereocenters. The quantitative estimate of drug-likeness (QED) is 0.394. The molecule has 1 amide bonds. The third-order valence-corrected chi connectivity index (χ3v) is 4.14. The van der Waals surface area contributed by atoms with Gasteiger partial charge in [-0.3, -0.25) is 10.2 Å². The fourth-order valence-corrected chi connectivity index (χ4v) is 2.79. The molecule has 0 aliphatic heterocycles. The summed E-state index contributed by atoms with van der Waals surface area (Å²) in [6.07, 6.45) is 0. The predicted molar refractivity (Wildman–Crippen MR) is 78.8 cm³/mol. The Kier molecular flexibility index (Phi) is 4.76. The van der Waals surface area contributed by atoms with Crippen LogP contribution in [0.1, 0.15) is 21.5 Å². The van der Waals surface area contributed by atoms with Gasteiger partial charge in [0.05, 0.1) is 0 Å². The van der Waals surface area contributed by atoms with E-state index in [0.717, 1.165) is 10.5 Å². The van der Waals surface area contributed by atoms with E-state index in [2.05, 4.69) is 0 Å². The number of hydrazine groups is 1. The molecule has 3 N–H and O–H groups in total. The molecule has 2 aromatic carbocycles. The van der Waals surface area contributed by atoms with E-state index >= 15 is 0 Å². The van der Waals surface area contributed by atoms with E-state index in [4.69, 9.17) is 5.84 Å². The largest absolute Gasteiger partial charge is 0.290 e. The van der Waals surface area contributed by atoms with Gasteiger partial charge in [0.25, 0.3) is 5.91 Å². The molecule has 0 bridgehead atoms. The van der Waals surface area contributed by atoms with Crippen molar-refractivity contribution in [3.8, 4) is 0 Å². The number of halogens is 1. The van der Waals surface area contributed by atoms with Crippen LogP contribution in [0, 0.1) is 12.7 Å². The monoisotopic (exact) mass is 290 g/mol. The van der Waals surface area contributed by atoms with E-state index in [1.807, 2.05) is 36.6 Å². The maximum Gasteiger partial charge on any atom is 0.265 e. The van der Waals surface area contributed by atoms with Gasteiger partial charge in [0.1, 0.15) is 5.82 Å². The molecule has 0 saturated heterocycles. The molecule has 0 aliphatic rings. The Labute approximate surface area is 121 Å². The van der Waals surface area contributed by atoms with Crippen LogP contribution >= 0.6 is 11.8 Å². The number of nitrogens with two attached hydrogens (primary N) is 1. The lowest BCUT2D eigenvalue weighted by Gasteiger charge is -2.08. The summed E-state index contributed by atoms with van der Waals surface area (Å²) in [6.45, 7) is 2.01. The van der Waals surface area contributed by atoms with Gasteiger partial charge < -0.3 is 0 Å². The summed E-state index contributed by atoms with van der Waals surface area (Å²) in [5.74, 6) is 4.80. The standard InChI is InChI=1S/C15H15FN2OS/c1-10-4-2-3-5-14(10)20-9-12-8-11(15(19)18-17)6-7-13(12)16/h2-8H,9,17H2,1H3,(H,18,19). The van der Waals surface area contributed by atoms with Crippen LogP contribution in [-0.2, 0) is 5.75 Å². The van der Waals surface area contributed by atoms with Gasteiger partial charge >= 0.3 is 0 Å². The highest BCUT2D eigenvalue weighted by Gasteiger charge is 2.09. The van der Waals surface area contributed by atoms with Gasteiger partial charge in [0.2, 0.25) is 0 Å². The second-order valence-corrected chi connectivity index (χ2v) is 5.35. The molecule has 0 radical (unpaired) electrons. The Morgan fingerprint density at radius 3 is 2.75 bits per heavy atom. The number of rotatable bonds is 4. The van der Waals surface area contributed by atoms with Gasteiger partial charge in [-0.1, -0.05) is 18.2 Å². The molecule has 0 aromatic heterocycles. The van der Waals surface area contributed by atoms with E-state index in [0.29, 0.717) is 16.9 Å². The Bertz CT molecular complexity index is 631. The van der Waals surface area contributed by atoms with E-state index in [1.165, 1.54) is 30.0 Å². The lowest BCUT2D eigenvalue weighted by Crippen LogP contribution is -2.30. The van der Waals surface area contributed by atoms with Crippen molar-refractivity contribution in [1.29, 1.82) is 0 Å². The smallest absolute Gasteiger partial charge is 0.265 e. The van der Waals surface area contributed by atoms with Crippen LogP contribution in [-0.4, -0.2) is 5.91 Å². The first-order valence-corrected chi connectivity index (χ1v) is 7.08. The number of nitrogen functional groups attached to an aromatic ring is 1.